The molecule has 0 saturated carbocycles. The number of rotatable bonds is 4. The van der Waals surface area contributed by atoms with Gasteiger partial charge in [-0.1, -0.05) is 35.9 Å². The lowest BCUT2D eigenvalue weighted by atomic mass is 10.2. The molecule has 0 spiro atoms. The minimum absolute atomic E-state index is 0.254. The predicted molar refractivity (Wildman–Crippen MR) is 106 cm³/mol. The Labute approximate surface area is 159 Å². The third-order valence-electron chi connectivity index (χ3n) is 4.82. The van der Waals surface area contributed by atoms with Gasteiger partial charge >= 0.3 is 0 Å². The van der Waals surface area contributed by atoms with E-state index < -0.39 is 0 Å². The maximum Gasteiger partial charge on any atom is 0.124 e. The normalized spacial score (nSPS) is 21.3. The molecule has 1 aliphatic heterocycles. The van der Waals surface area contributed by atoms with Crippen LogP contribution in [0.25, 0.3) is 11.0 Å². The second kappa shape index (κ2) is 7.39. The first-order chi connectivity index (χ1) is 12.6. The third-order valence-corrected chi connectivity index (χ3v) is 5.06. The van der Waals surface area contributed by atoms with Gasteiger partial charge in [0.05, 0.1) is 29.8 Å². The van der Waals surface area contributed by atoms with Crippen molar-refractivity contribution in [2.45, 2.75) is 39.1 Å². The van der Waals surface area contributed by atoms with Gasteiger partial charge in [0.1, 0.15) is 5.82 Å². The summed E-state index contributed by atoms with van der Waals surface area (Å²) < 4.78 is 8.18. The number of hydrogen-bond donors (Lipinski definition) is 0. The van der Waals surface area contributed by atoms with Crippen LogP contribution in [-0.2, 0) is 17.8 Å². The number of imidazole rings is 1. The lowest BCUT2D eigenvalue weighted by Crippen LogP contribution is -2.45. The number of fused-ring (bicyclic) bond motifs is 1. The molecule has 2 heterocycles. The quantitative estimate of drug-likeness (QED) is 0.685. The largest absolute Gasteiger partial charge is 0.373 e. The first-order valence-electron chi connectivity index (χ1n) is 9.15. The van der Waals surface area contributed by atoms with E-state index in [1.54, 1.807) is 0 Å². The second-order valence-corrected chi connectivity index (χ2v) is 7.62. The zero-order valence-corrected chi connectivity index (χ0v) is 16.0. The lowest BCUT2D eigenvalue weighted by molar-refractivity contribution is -0.0712. The first-order valence-corrected chi connectivity index (χ1v) is 9.52. The molecule has 0 radical (unpaired) electrons. The third kappa shape index (κ3) is 3.78. The lowest BCUT2D eigenvalue weighted by Gasteiger charge is -2.35. The summed E-state index contributed by atoms with van der Waals surface area (Å²) in [5.74, 6) is 1.09. The van der Waals surface area contributed by atoms with Crippen molar-refractivity contribution in [3.8, 4) is 0 Å². The van der Waals surface area contributed by atoms with E-state index in [0.717, 1.165) is 48.1 Å². The molecule has 4 rings (SSSR count). The van der Waals surface area contributed by atoms with Gasteiger partial charge in [0.25, 0.3) is 0 Å². The predicted octanol–water partition coefficient (Wildman–Crippen LogP) is 4.35. The van der Waals surface area contributed by atoms with Crippen LogP contribution in [0.15, 0.2) is 48.5 Å². The Hall–Kier alpha value is -1.88. The van der Waals surface area contributed by atoms with Crippen LogP contribution in [0, 0.1) is 0 Å². The molecule has 0 aliphatic carbocycles. The van der Waals surface area contributed by atoms with Gasteiger partial charge < -0.3 is 9.30 Å². The van der Waals surface area contributed by atoms with Gasteiger partial charge in [-0.25, -0.2) is 4.98 Å². The topological polar surface area (TPSA) is 30.3 Å². The minimum atomic E-state index is 0.254. The Morgan fingerprint density at radius 1 is 1.04 bits per heavy atom. The average Bonchev–Trinajstić information content (AvgIpc) is 2.91. The summed E-state index contributed by atoms with van der Waals surface area (Å²) in [6.07, 6.45) is 0.508. The summed E-state index contributed by atoms with van der Waals surface area (Å²) in [7, 11) is 0. The van der Waals surface area contributed by atoms with Crippen molar-refractivity contribution in [3.05, 3.63) is 64.9 Å². The molecule has 0 amide bonds. The summed E-state index contributed by atoms with van der Waals surface area (Å²) in [6.45, 7) is 7.74. The minimum Gasteiger partial charge on any atom is -0.373 e. The van der Waals surface area contributed by atoms with Crippen LogP contribution in [-0.4, -0.2) is 39.7 Å². The zero-order valence-electron chi connectivity index (χ0n) is 15.2. The molecule has 0 bridgehead atoms. The van der Waals surface area contributed by atoms with E-state index in [-0.39, 0.29) is 12.2 Å². The van der Waals surface area contributed by atoms with Gasteiger partial charge in [-0.2, -0.15) is 0 Å². The highest BCUT2D eigenvalue weighted by Crippen LogP contribution is 2.22. The summed E-state index contributed by atoms with van der Waals surface area (Å²) in [4.78, 5) is 7.36. The van der Waals surface area contributed by atoms with Gasteiger partial charge in [-0.05, 0) is 43.7 Å². The van der Waals surface area contributed by atoms with Crippen LogP contribution in [0.2, 0.25) is 5.02 Å². The van der Waals surface area contributed by atoms with Gasteiger partial charge in [0.2, 0.25) is 0 Å². The molecule has 2 unspecified atom stereocenters. The maximum atomic E-state index is 6.18. The van der Waals surface area contributed by atoms with E-state index in [1.165, 1.54) is 5.56 Å². The van der Waals surface area contributed by atoms with Crippen LogP contribution in [0.4, 0.5) is 0 Å². The van der Waals surface area contributed by atoms with Crippen LogP contribution < -0.4 is 0 Å². The van der Waals surface area contributed by atoms with Crippen LogP contribution in [0.5, 0.6) is 0 Å². The van der Waals surface area contributed by atoms with Crippen LogP contribution in [0.3, 0.4) is 0 Å². The molecular formula is C21H24ClN3O. The zero-order chi connectivity index (χ0) is 18.1. The number of nitrogens with zero attached hydrogens (tertiary/aromatic N) is 3. The molecule has 1 fully saturated rings. The summed E-state index contributed by atoms with van der Waals surface area (Å²) in [5.41, 5.74) is 3.39. The van der Waals surface area contributed by atoms with Crippen LogP contribution >= 0.6 is 11.6 Å². The van der Waals surface area contributed by atoms with E-state index in [2.05, 4.69) is 47.6 Å². The number of aromatic nitrogens is 2. The molecule has 26 heavy (non-hydrogen) atoms. The Morgan fingerprint density at radius 2 is 1.81 bits per heavy atom. The molecule has 136 valence electrons. The van der Waals surface area contributed by atoms with Gasteiger partial charge in [-0.3, -0.25) is 4.90 Å². The first kappa shape index (κ1) is 17.5. The highest BCUT2D eigenvalue weighted by Gasteiger charge is 2.24. The molecule has 1 aliphatic rings. The van der Waals surface area contributed by atoms with Crippen molar-refractivity contribution in [1.82, 2.24) is 14.5 Å². The fourth-order valence-corrected chi connectivity index (χ4v) is 4.07. The van der Waals surface area contributed by atoms with Crippen LogP contribution in [0.1, 0.15) is 25.2 Å². The van der Waals surface area contributed by atoms with Crippen molar-refractivity contribution in [2.75, 3.05) is 13.1 Å². The Kier molecular flexibility index (Phi) is 4.98. The number of halogens is 1. The van der Waals surface area contributed by atoms with Gasteiger partial charge in [0, 0.05) is 24.7 Å². The highest BCUT2D eigenvalue weighted by molar-refractivity contribution is 6.30. The number of hydrogen-bond acceptors (Lipinski definition) is 3. The van der Waals surface area contributed by atoms with Crippen molar-refractivity contribution in [1.29, 1.82) is 0 Å². The Morgan fingerprint density at radius 3 is 2.58 bits per heavy atom. The molecule has 0 N–H and O–H groups in total. The summed E-state index contributed by atoms with van der Waals surface area (Å²) in [6, 6.07) is 16.4. The summed E-state index contributed by atoms with van der Waals surface area (Å²) >= 11 is 6.18. The van der Waals surface area contributed by atoms with Crippen molar-refractivity contribution in [2.24, 2.45) is 0 Å². The number of benzene rings is 2. The molecule has 4 nitrogen and oxygen atoms in total. The molecule has 1 aromatic heterocycles. The highest BCUT2D eigenvalue weighted by atomic mass is 35.5. The van der Waals surface area contributed by atoms with E-state index in [9.17, 15) is 0 Å². The smallest absolute Gasteiger partial charge is 0.124 e. The van der Waals surface area contributed by atoms with Crippen molar-refractivity contribution < 1.29 is 4.74 Å². The molecule has 5 heteroatoms. The maximum absolute atomic E-state index is 6.18. The fraction of sp³-hybridized carbons (Fsp3) is 0.381. The molecule has 2 aromatic carbocycles. The van der Waals surface area contributed by atoms with E-state index in [4.69, 9.17) is 21.3 Å². The number of para-hydroxylation sites is 2. The second-order valence-electron chi connectivity index (χ2n) is 7.18. The molecule has 2 atom stereocenters. The van der Waals surface area contributed by atoms with E-state index >= 15 is 0 Å². The van der Waals surface area contributed by atoms with E-state index in [0.29, 0.717) is 0 Å². The average molecular weight is 370 g/mol. The van der Waals surface area contributed by atoms with E-state index in [1.807, 2.05) is 24.3 Å². The van der Waals surface area contributed by atoms with Crippen molar-refractivity contribution in [3.63, 3.8) is 0 Å². The molecule has 3 aromatic rings. The fourth-order valence-electron chi connectivity index (χ4n) is 3.85. The molecular weight excluding hydrogens is 346 g/mol. The molecule has 1 saturated heterocycles. The number of ether oxygens (including phenoxy) is 1. The summed E-state index contributed by atoms with van der Waals surface area (Å²) in [5, 5.41) is 0.768. The van der Waals surface area contributed by atoms with Crippen molar-refractivity contribution >= 4 is 22.6 Å². The standard InChI is InChI=1S/C21H24ClN3O/c1-15-11-24(12-16(2)26-15)14-21-23-19-8-3-4-9-20(19)25(21)13-17-6-5-7-18(22)10-17/h3-10,15-16H,11-14H2,1-2H3. The SMILES string of the molecule is CC1CN(Cc2nc3ccccc3n2Cc2cccc(Cl)c2)CC(C)O1. The number of morpholine rings is 1. The van der Waals surface area contributed by atoms with Gasteiger partial charge in [0.15, 0.2) is 0 Å². The monoisotopic (exact) mass is 369 g/mol. The van der Waals surface area contributed by atoms with Gasteiger partial charge in [-0.15, -0.1) is 0 Å². The Bertz CT molecular complexity index is 897. The Balaban J connectivity index is 1.67.